The average molecular weight is 488 g/mol. The Labute approximate surface area is 210 Å². The number of rotatable bonds is 9. The fourth-order valence-corrected chi connectivity index (χ4v) is 4.37. The summed E-state index contributed by atoms with van der Waals surface area (Å²) in [5, 5.41) is 2.87. The van der Waals surface area contributed by atoms with Crippen molar-refractivity contribution in [1.82, 2.24) is 15.1 Å². The minimum atomic E-state index is -0.803. The van der Waals surface area contributed by atoms with Crippen LogP contribution in [0.1, 0.15) is 35.7 Å². The quantitative estimate of drug-likeness (QED) is 0.460. The summed E-state index contributed by atoms with van der Waals surface area (Å²) in [6, 6.07) is 22.2. The van der Waals surface area contributed by atoms with Gasteiger partial charge in [0.25, 0.3) is 5.91 Å². The Kier molecular flexibility index (Phi) is 7.53. The second-order valence-electron chi connectivity index (χ2n) is 8.53. The van der Waals surface area contributed by atoms with E-state index < -0.39 is 29.9 Å². The summed E-state index contributed by atoms with van der Waals surface area (Å²) in [5.41, 5.74) is 2.31. The van der Waals surface area contributed by atoms with Gasteiger partial charge in [0.1, 0.15) is 24.1 Å². The van der Waals surface area contributed by atoms with Crippen LogP contribution in [-0.2, 0) is 16.1 Å². The van der Waals surface area contributed by atoms with Crippen LogP contribution in [0, 0.1) is 0 Å². The number of carbonyl (C=O) groups is 3. The Morgan fingerprint density at radius 3 is 2.25 bits per heavy atom. The van der Waals surface area contributed by atoms with Gasteiger partial charge in [0.2, 0.25) is 5.91 Å². The van der Waals surface area contributed by atoms with E-state index in [1.807, 2.05) is 60.7 Å². The van der Waals surface area contributed by atoms with Gasteiger partial charge in [0.05, 0.1) is 20.3 Å². The van der Waals surface area contributed by atoms with Crippen LogP contribution in [0.4, 0.5) is 4.79 Å². The molecule has 0 radical (unpaired) electrons. The van der Waals surface area contributed by atoms with Crippen molar-refractivity contribution in [3.05, 3.63) is 95.6 Å². The highest BCUT2D eigenvalue weighted by atomic mass is 16.5. The van der Waals surface area contributed by atoms with Crippen LogP contribution in [-0.4, -0.2) is 48.4 Å². The second-order valence-corrected chi connectivity index (χ2v) is 8.53. The van der Waals surface area contributed by atoms with Crippen molar-refractivity contribution in [1.29, 1.82) is 0 Å². The first kappa shape index (κ1) is 24.8. The third kappa shape index (κ3) is 5.17. The molecule has 0 spiro atoms. The third-order valence-corrected chi connectivity index (χ3v) is 6.18. The number of hydrogen-bond donors (Lipinski definition) is 1. The summed E-state index contributed by atoms with van der Waals surface area (Å²) < 4.78 is 10.7. The van der Waals surface area contributed by atoms with Crippen molar-refractivity contribution in [2.75, 3.05) is 20.8 Å². The molecule has 0 saturated carbocycles. The second kappa shape index (κ2) is 10.9. The zero-order chi connectivity index (χ0) is 25.7. The molecular formula is C28H29N3O5. The van der Waals surface area contributed by atoms with Crippen LogP contribution in [0.25, 0.3) is 0 Å². The number of benzene rings is 3. The molecular weight excluding hydrogens is 458 g/mol. The zero-order valence-electron chi connectivity index (χ0n) is 20.5. The Morgan fingerprint density at radius 1 is 0.944 bits per heavy atom. The van der Waals surface area contributed by atoms with E-state index in [0.717, 1.165) is 16.0 Å². The highest BCUT2D eigenvalue weighted by molar-refractivity contribution is 6.06. The number of methoxy groups -OCH3 is 2. The lowest BCUT2D eigenvalue weighted by Crippen LogP contribution is -2.42. The SMILES string of the molecule is COc1ccc(OC)c(C(C)NC(=O)CN2C(=O)C(c3ccccc3)N(Cc3ccccc3)C2=O)c1. The standard InChI is InChI=1S/C28H29N3O5/c1-19(23-16-22(35-2)14-15-24(23)36-3)29-25(32)18-31-27(33)26(21-12-8-5-9-13-21)30(28(31)34)17-20-10-6-4-7-11-20/h4-16,19,26H,17-18H2,1-3H3,(H,29,32). The first-order valence-electron chi connectivity index (χ1n) is 11.6. The van der Waals surface area contributed by atoms with Crippen LogP contribution in [0.15, 0.2) is 78.9 Å². The van der Waals surface area contributed by atoms with Gasteiger partial charge >= 0.3 is 6.03 Å². The van der Waals surface area contributed by atoms with Gasteiger partial charge in [-0.05, 0) is 36.2 Å². The summed E-state index contributed by atoms with van der Waals surface area (Å²) in [7, 11) is 3.11. The summed E-state index contributed by atoms with van der Waals surface area (Å²) in [6.07, 6.45) is 0. The number of nitrogens with one attached hydrogen (secondary N) is 1. The fourth-order valence-electron chi connectivity index (χ4n) is 4.37. The number of amides is 4. The molecule has 4 amide bonds. The molecule has 1 fully saturated rings. The molecule has 1 aliphatic heterocycles. The first-order chi connectivity index (χ1) is 17.4. The van der Waals surface area contributed by atoms with Crippen LogP contribution in [0.5, 0.6) is 11.5 Å². The van der Waals surface area contributed by atoms with Gasteiger partial charge in [0, 0.05) is 12.1 Å². The topological polar surface area (TPSA) is 88.2 Å². The van der Waals surface area contributed by atoms with Crippen molar-refractivity contribution in [2.24, 2.45) is 0 Å². The van der Waals surface area contributed by atoms with Gasteiger partial charge in [-0.25, -0.2) is 4.79 Å². The van der Waals surface area contributed by atoms with Crippen molar-refractivity contribution >= 4 is 17.8 Å². The molecule has 8 nitrogen and oxygen atoms in total. The Hall–Kier alpha value is -4.33. The molecule has 1 heterocycles. The molecule has 2 unspecified atom stereocenters. The molecule has 1 aliphatic rings. The monoisotopic (exact) mass is 487 g/mol. The van der Waals surface area contributed by atoms with Gasteiger partial charge in [-0.1, -0.05) is 60.7 Å². The lowest BCUT2D eigenvalue weighted by atomic mass is 10.1. The molecule has 2 atom stereocenters. The predicted molar refractivity (Wildman–Crippen MR) is 134 cm³/mol. The lowest BCUT2D eigenvalue weighted by molar-refractivity contribution is -0.133. The Morgan fingerprint density at radius 2 is 1.61 bits per heavy atom. The summed E-state index contributed by atoms with van der Waals surface area (Å²) in [5.74, 6) is 0.334. The van der Waals surface area contributed by atoms with Gasteiger partial charge in [-0.2, -0.15) is 0 Å². The number of carbonyl (C=O) groups excluding carboxylic acids is 3. The molecule has 1 N–H and O–H groups in total. The number of ether oxygens (including phenoxy) is 2. The lowest BCUT2D eigenvalue weighted by Gasteiger charge is -2.22. The van der Waals surface area contributed by atoms with E-state index in [1.54, 1.807) is 39.3 Å². The molecule has 3 aromatic rings. The largest absolute Gasteiger partial charge is 0.497 e. The summed E-state index contributed by atoms with van der Waals surface area (Å²) >= 11 is 0. The Bertz CT molecular complexity index is 1230. The normalized spacial score (nSPS) is 16.1. The van der Waals surface area contributed by atoms with Crippen molar-refractivity contribution < 1.29 is 23.9 Å². The van der Waals surface area contributed by atoms with Crippen LogP contribution in [0.3, 0.4) is 0 Å². The molecule has 0 aliphatic carbocycles. The van der Waals surface area contributed by atoms with Crippen molar-refractivity contribution in [3.63, 3.8) is 0 Å². The molecule has 4 rings (SSSR count). The van der Waals surface area contributed by atoms with E-state index in [4.69, 9.17) is 9.47 Å². The van der Waals surface area contributed by atoms with Crippen molar-refractivity contribution in [3.8, 4) is 11.5 Å². The minimum Gasteiger partial charge on any atom is -0.497 e. The molecule has 3 aromatic carbocycles. The van der Waals surface area contributed by atoms with Crippen LogP contribution in [0.2, 0.25) is 0 Å². The van der Waals surface area contributed by atoms with Gasteiger partial charge < -0.3 is 19.7 Å². The fraction of sp³-hybridized carbons (Fsp3) is 0.250. The maximum absolute atomic E-state index is 13.4. The number of urea groups is 1. The van der Waals surface area contributed by atoms with Crippen molar-refractivity contribution in [2.45, 2.75) is 25.6 Å². The number of imide groups is 1. The molecule has 186 valence electrons. The number of hydrogen-bond acceptors (Lipinski definition) is 5. The zero-order valence-corrected chi connectivity index (χ0v) is 20.5. The third-order valence-electron chi connectivity index (χ3n) is 6.18. The highest BCUT2D eigenvalue weighted by Gasteiger charge is 2.46. The van der Waals surface area contributed by atoms with Crippen LogP contribution < -0.4 is 14.8 Å². The van der Waals surface area contributed by atoms with E-state index in [0.29, 0.717) is 17.1 Å². The first-order valence-corrected chi connectivity index (χ1v) is 11.6. The average Bonchev–Trinajstić information content (AvgIpc) is 3.13. The van der Waals surface area contributed by atoms with E-state index in [1.165, 1.54) is 4.90 Å². The molecule has 1 saturated heterocycles. The molecule has 0 aromatic heterocycles. The van der Waals surface area contributed by atoms with Gasteiger partial charge in [-0.15, -0.1) is 0 Å². The van der Waals surface area contributed by atoms with E-state index in [-0.39, 0.29) is 13.1 Å². The molecule has 0 bridgehead atoms. The smallest absolute Gasteiger partial charge is 0.328 e. The molecule has 36 heavy (non-hydrogen) atoms. The maximum atomic E-state index is 13.4. The van der Waals surface area contributed by atoms with E-state index in [9.17, 15) is 14.4 Å². The predicted octanol–water partition coefficient (Wildman–Crippen LogP) is 4.09. The highest BCUT2D eigenvalue weighted by Crippen LogP contribution is 2.33. The van der Waals surface area contributed by atoms with Gasteiger partial charge in [-0.3, -0.25) is 14.5 Å². The Balaban J connectivity index is 1.54. The summed E-state index contributed by atoms with van der Waals surface area (Å²) in [6.45, 7) is 1.67. The maximum Gasteiger partial charge on any atom is 0.328 e. The van der Waals surface area contributed by atoms with Crippen LogP contribution >= 0.6 is 0 Å². The minimum absolute atomic E-state index is 0.251. The van der Waals surface area contributed by atoms with E-state index in [2.05, 4.69) is 5.32 Å². The van der Waals surface area contributed by atoms with Gasteiger partial charge in [0.15, 0.2) is 0 Å². The summed E-state index contributed by atoms with van der Waals surface area (Å²) in [4.78, 5) is 42.3. The number of nitrogens with zero attached hydrogens (tertiary/aromatic N) is 2. The molecule has 8 heteroatoms. The van der Waals surface area contributed by atoms with E-state index >= 15 is 0 Å².